The molecule has 0 fully saturated rings. The first-order valence-corrected chi connectivity index (χ1v) is 5.88. The predicted octanol–water partition coefficient (Wildman–Crippen LogP) is 3.36. The maximum atomic E-state index is 12.0. The highest BCUT2D eigenvalue weighted by molar-refractivity contribution is 6.03. The first-order chi connectivity index (χ1) is 8.59. The van der Waals surface area contributed by atoms with Gasteiger partial charge in [0.1, 0.15) is 6.26 Å². The van der Waals surface area contributed by atoms with Crippen LogP contribution >= 0.6 is 0 Å². The van der Waals surface area contributed by atoms with Crippen molar-refractivity contribution in [3.63, 3.8) is 0 Å². The highest BCUT2D eigenvalue weighted by Crippen LogP contribution is 2.27. The Balaban J connectivity index is 2.31. The van der Waals surface area contributed by atoms with E-state index in [1.54, 1.807) is 0 Å². The number of para-hydroxylation sites is 1. The summed E-state index contributed by atoms with van der Waals surface area (Å²) < 4.78 is 4.81. The van der Waals surface area contributed by atoms with Crippen LogP contribution in [0.15, 0.2) is 35.3 Å². The smallest absolute Gasteiger partial charge is 0.277 e. The Morgan fingerprint density at radius 2 is 2.17 bits per heavy atom. The van der Waals surface area contributed by atoms with Crippen LogP contribution in [-0.4, -0.2) is 10.9 Å². The van der Waals surface area contributed by atoms with Crippen LogP contribution in [0.25, 0.3) is 0 Å². The van der Waals surface area contributed by atoms with Gasteiger partial charge in [-0.3, -0.25) is 4.79 Å². The summed E-state index contributed by atoms with van der Waals surface area (Å²) in [4.78, 5) is 15.8. The molecule has 0 aliphatic heterocycles. The molecule has 0 atom stereocenters. The summed E-state index contributed by atoms with van der Waals surface area (Å²) in [7, 11) is 0. The van der Waals surface area contributed by atoms with Crippen LogP contribution < -0.4 is 5.32 Å². The monoisotopic (exact) mass is 244 g/mol. The zero-order chi connectivity index (χ0) is 13.1. The van der Waals surface area contributed by atoms with E-state index < -0.39 is 0 Å². The summed E-state index contributed by atoms with van der Waals surface area (Å²) in [6.45, 7) is 6.17. The number of amides is 1. The zero-order valence-electron chi connectivity index (χ0n) is 10.7. The zero-order valence-corrected chi connectivity index (χ0v) is 10.7. The molecule has 1 N–H and O–H groups in total. The van der Waals surface area contributed by atoms with Crippen LogP contribution in [0.1, 0.15) is 41.4 Å². The quantitative estimate of drug-likeness (QED) is 0.900. The summed E-state index contributed by atoms with van der Waals surface area (Å²) in [6, 6.07) is 6.00. The molecule has 1 amide bonds. The highest BCUT2D eigenvalue weighted by Gasteiger charge is 2.14. The number of rotatable bonds is 3. The summed E-state index contributed by atoms with van der Waals surface area (Å²) in [5.41, 5.74) is 3.30. The average Bonchev–Trinajstić information content (AvgIpc) is 2.85. The first-order valence-electron chi connectivity index (χ1n) is 5.88. The minimum atomic E-state index is -0.250. The Morgan fingerprint density at radius 3 is 2.78 bits per heavy atom. The fourth-order valence-electron chi connectivity index (χ4n) is 1.84. The van der Waals surface area contributed by atoms with Crippen molar-refractivity contribution in [2.75, 3.05) is 5.32 Å². The van der Waals surface area contributed by atoms with E-state index in [1.165, 1.54) is 12.7 Å². The molecule has 1 aromatic carbocycles. The number of anilines is 1. The van der Waals surface area contributed by atoms with E-state index in [1.807, 2.05) is 25.1 Å². The van der Waals surface area contributed by atoms with Crippen LogP contribution in [0.2, 0.25) is 0 Å². The van der Waals surface area contributed by atoms with Crippen molar-refractivity contribution in [1.82, 2.24) is 4.98 Å². The number of carbonyl (C=O) groups is 1. The third-order valence-electron chi connectivity index (χ3n) is 2.83. The summed E-state index contributed by atoms with van der Waals surface area (Å²) in [6.07, 6.45) is 2.58. The van der Waals surface area contributed by atoms with Gasteiger partial charge in [0.25, 0.3) is 5.91 Å². The van der Waals surface area contributed by atoms with Crippen molar-refractivity contribution in [2.45, 2.75) is 26.7 Å². The SMILES string of the molecule is Cc1cccc(C(C)C)c1NC(=O)c1cocn1. The molecule has 2 rings (SSSR count). The first kappa shape index (κ1) is 12.4. The molecular weight excluding hydrogens is 228 g/mol. The second kappa shape index (κ2) is 5.04. The van der Waals surface area contributed by atoms with Crippen molar-refractivity contribution >= 4 is 11.6 Å². The number of aromatic nitrogens is 1. The standard InChI is InChI=1S/C14H16N2O2/c1-9(2)11-6-4-5-10(3)13(11)16-14(17)12-7-18-8-15-12/h4-9H,1-3H3,(H,16,17). The van der Waals surface area contributed by atoms with E-state index in [0.717, 1.165) is 16.8 Å². The van der Waals surface area contributed by atoms with Gasteiger partial charge in [-0.25, -0.2) is 4.98 Å². The van der Waals surface area contributed by atoms with E-state index in [2.05, 4.69) is 24.1 Å². The van der Waals surface area contributed by atoms with Gasteiger partial charge in [-0.2, -0.15) is 0 Å². The van der Waals surface area contributed by atoms with E-state index in [9.17, 15) is 4.79 Å². The molecule has 1 aromatic heterocycles. The number of hydrogen-bond donors (Lipinski definition) is 1. The molecule has 0 aliphatic carbocycles. The van der Waals surface area contributed by atoms with E-state index in [4.69, 9.17) is 4.42 Å². The van der Waals surface area contributed by atoms with Gasteiger partial charge in [0.2, 0.25) is 0 Å². The Labute approximate surface area is 106 Å². The molecule has 0 bridgehead atoms. The fourth-order valence-corrected chi connectivity index (χ4v) is 1.84. The molecule has 4 nitrogen and oxygen atoms in total. The van der Waals surface area contributed by atoms with Gasteiger partial charge < -0.3 is 9.73 Å². The van der Waals surface area contributed by atoms with Crippen molar-refractivity contribution in [3.8, 4) is 0 Å². The number of nitrogens with one attached hydrogen (secondary N) is 1. The van der Waals surface area contributed by atoms with Crippen LogP contribution in [0.4, 0.5) is 5.69 Å². The molecule has 0 spiro atoms. The maximum Gasteiger partial charge on any atom is 0.277 e. The molecular formula is C14H16N2O2. The van der Waals surface area contributed by atoms with E-state index in [-0.39, 0.29) is 11.6 Å². The van der Waals surface area contributed by atoms with E-state index in [0.29, 0.717) is 5.92 Å². The highest BCUT2D eigenvalue weighted by atomic mass is 16.3. The van der Waals surface area contributed by atoms with Gasteiger partial charge in [-0.05, 0) is 24.0 Å². The van der Waals surface area contributed by atoms with Crippen molar-refractivity contribution in [1.29, 1.82) is 0 Å². The lowest BCUT2D eigenvalue weighted by atomic mass is 9.98. The second-order valence-electron chi connectivity index (χ2n) is 4.52. The molecule has 0 saturated heterocycles. The largest absolute Gasteiger partial charge is 0.451 e. The topological polar surface area (TPSA) is 55.1 Å². The molecule has 18 heavy (non-hydrogen) atoms. The Bertz CT molecular complexity index is 545. The third-order valence-corrected chi connectivity index (χ3v) is 2.83. The van der Waals surface area contributed by atoms with Gasteiger partial charge >= 0.3 is 0 Å². The average molecular weight is 244 g/mol. The maximum absolute atomic E-state index is 12.0. The summed E-state index contributed by atoms with van der Waals surface area (Å²) in [5, 5.41) is 2.90. The number of benzene rings is 1. The Kier molecular flexibility index (Phi) is 3.46. The molecule has 0 saturated carbocycles. The van der Waals surface area contributed by atoms with Gasteiger partial charge in [0.15, 0.2) is 12.1 Å². The Morgan fingerprint density at radius 1 is 1.39 bits per heavy atom. The number of aryl methyl sites for hydroxylation is 1. The fraction of sp³-hybridized carbons (Fsp3) is 0.286. The lowest BCUT2D eigenvalue weighted by Gasteiger charge is -2.15. The molecule has 1 heterocycles. The number of oxazole rings is 1. The van der Waals surface area contributed by atoms with Gasteiger partial charge in [0, 0.05) is 5.69 Å². The van der Waals surface area contributed by atoms with Gasteiger partial charge in [0.05, 0.1) is 0 Å². The van der Waals surface area contributed by atoms with Crippen LogP contribution in [0.3, 0.4) is 0 Å². The van der Waals surface area contributed by atoms with E-state index >= 15 is 0 Å². The minimum Gasteiger partial charge on any atom is -0.451 e. The second-order valence-corrected chi connectivity index (χ2v) is 4.52. The van der Waals surface area contributed by atoms with Gasteiger partial charge in [-0.15, -0.1) is 0 Å². The Hall–Kier alpha value is -2.10. The van der Waals surface area contributed by atoms with Crippen molar-refractivity contribution in [2.24, 2.45) is 0 Å². The lowest BCUT2D eigenvalue weighted by molar-refractivity contribution is 0.102. The molecule has 94 valence electrons. The third kappa shape index (κ3) is 2.42. The van der Waals surface area contributed by atoms with Gasteiger partial charge in [-0.1, -0.05) is 32.0 Å². The predicted molar refractivity (Wildman–Crippen MR) is 69.7 cm³/mol. The van der Waals surface area contributed by atoms with Crippen LogP contribution in [0.5, 0.6) is 0 Å². The number of nitrogens with zero attached hydrogens (tertiary/aromatic N) is 1. The van der Waals surface area contributed by atoms with Crippen molar-refractivity contribution < 1.29 is 9.21 Å². The lowest BCUT2D eigenvalue weighted by Crippen LogP contribution is -2.15. The molecule has 4 heteroatoms. The molecule has 0 radical (unpaired) electrons. The van der Waals surface area contributed by atoms with Crippen molar-refractivity contribution in [3.05, 3.63) is 47.7 Å². The number of hydrogen-bond acceptors (Lipinski definition) is 3. The molecule has 2 aromatic rings. The number of carbonyl (C=O) groups excluding carboxylic acids is 1. The van der Waals surface area contributed by atoms with Crippen LogP contribution in [-0.2, 0) is 0 Å². The van der Waals surface area contributed by atoms with Crippen LogP contribution in [0, 0.1) is 6.92 Å². The summed E-state index contributed by atoms with van der Waals surface area (Å²) in [5.74, 6) is 0.0949. The minimum absolute atomic E-state index is 0.250. The molecule has 0 aliphatic rings. The molecule has 0 unspecified atom stereocenters. The normalized spacial score (nSPS) is 10.7. The summed E-state index contributed by atoms with van der Waals surface area (Å²) >= 11 is 0.